The highest BCUT2D eigenvalue weighted by Gasteiger charge is 2.34. The van der Waals surface area contributed by atoms with Crippen molar-refractivity contribution in [3.8, 4) is 0 Å². The second-order valence-corrected chi connectivity index (χ2v) is 22.6. The molecule has 0 aromatic heterocycles. The van der Waals surface area contributed by atoms with E-state index in [4.69, 9.17) is 33.2 Å². The average molecular weight is 1170 g/mol. The second-order valence-electron chi connectivity index (χ2n) is 22.6. The van der Waals surface area contributed by atoms with E-state index < -0.39 is 92.0 Å². The van der Waals surface area contributed by atoms with Gasteiger partial charge in [-0.05, 0) is 78.4 Å². The molecular formula is C65H118N2O15. The molecule has 82 heavy (non-hydrogen) atoms. The van der Waals surface area contributed by atoms with Gasteiger partial charge in [-0.25, -0.2) is 9.59 Å². The topological polar surface area (TPSA) is 208 Å². The minimum atomic E-state index is -1.68. The van der Waals surface area contributed by atoms with Gasteiger partial charge in [-0.15, -0.1) is 0 Å². The Morgan fingerprint density at radius 1 is 0.341 bits per heavy atom. The van der Waals surface area contributed by atoms with E-state index >= 15 is 0 Å². The van der Waals surface area contributed by atoms with E-state index in [0.29, 0.717) is 38.5 Å². The average Bonchev–Trinajstić information content (AvgIpc) is 3.49. The lowest BCUT2D eigenvalue weighted by atomic mass is 10.1. The maximum Gasteiger partial charge on any atom is 0.348 e. The summed E-state index contributed by atoms with van der Waals surface area (Å²) in [6.07, 6.45) is 25.0. The van der Waals surface area contributed by atoms with Crippen molar-refractivity contribution in [1.82, 2.24) is 9.80 Å². The van der Waals surface area contributed by atoms with E-state index in [2.05, 4.69) is 25.7 Å². The van der Waals surface area contributed by atoms with Crippen molar-refractivity contribution in [3.63, 3.8) is 0 Å². The van der Waals surface area contributed by atoms with Crippen LogP contribution in [0.4, 0.5) is 0 Å². The van der Waals surface area contributed by atoms with Gasteiger partial charge in [0.15, 0.2) is 0 Å². The van der Waals surface area contributed by atoms with Crippen LogP contribution in [0.15, 0.2) is 0 Å². The van der Waals surface area contributed by atoms with E-state index in [1.807, 2.05) is 34.9 Å². The highest BCUT2D eigenvalue weighted by atomic mass is 16.6. The van der Waals surface area contributed by atoms with Gasteiger partial charge in [-0.3, -0.25) is 28.8 Å². The fourth-order valence-corrected chi connectivity index (χ4v) is 9.41. The summed E-state index contributed by atoms with van der Waals surface area (Å²) in [7, 11) is 3.99. The molecule has 0 N–H and O–H groups in total. The van der Waals surface area contributed by atoms with Crippen LogP contribution < -0.4 is 0 Å². The van der Waals surface area contributed by atoms with E-state index in [1.165, 1.54) is 43.4 Å². The Kier molecular flexibility index (Phi) is 51.8. The molecule has 0 fully saturated rings. The molecule has 0 saturated heterocycles. The molecule has 0 aromatic rings. The maximum absolute atomic E-state index is 14.6. The Labute approximate surface area is 497 Å². The van der Waals surface area contributed by atoms with Crippen LogP contribution in [-0.2, 0) is 71.5 Å². The largest absolute Gasteiger partial charge is 0.466 e. The number of rotatable bonds is 57. The third-order valence-corrected chi connectivity index (χ3v) is 14.5. The van der Waals surface area contributed by atoms with Crippen molar-refractivity contribution in [1.29, 1.82) is 0 Å². The predicted molar refractivity (Wildman–Crippen MR) is 322 cm³/mol. The molecule has 478 valence electrons. The second kappa shape index (κ2) is 54.6. The summed E-state index contributed by atoms with van der Waals surface area (Å²) in [5, 5.41) is 0. The lowest BCUT2D eigenvalue weighted by molar-refractivity contribution is -0.176. The Hall–Kier alpha value is -4.28. The maximum atomic E-state index is 14.6. The van der Waals surface area contributed by atoms with Crippen LogP contribution in [0, 0.1) is 0 Å². The molecule has 0 aliphatic heterocycles. The van der Waals surface area contributed by atoms with Crippen LogP contribution in [0.5, 0.6) is 0 Å². The quantitative estimate of drug-likeness (QED) is 0.0315. The normalized spacial score (nSPS) is 12.7. The molecule has 0 spiro atoms. The van der Waals surface area contributed by atoms with Gasteiger partial charge in [0.05, 0.1) is 38.5 Å². The number of ether oxygens (including phenoxy) is 7. The molecule has 0 heterocycles. The van der Waals surface area contributed by atoms with Crippen LogP contribution in [0.2, 0.25) is 0 Å². The molecule has 0 aliphatic carbocycles. The molecule has 0 radical (unpaired) electrons. The summed E-state index contributed by atoms with van der Waals surface area (Å²) in [4.78, 5) is 112. The fraction of sp³-hybridized carbons (Fsp3) is 0.877. The van der Waals surface area contributed by atoms with Crippen LogP contribution in [0.3, 0.4) is 0 Å². The third-order valence-electron chi connectivity index (χ3n) is 14.5. The minimum absolute atomic E-state index is 0.0118. The van der Waals surface area contributed by atoms with E-state index in [-0.39, 0.29) is 51.5 Å². The fourth-order valence-electron chi connectivity index (χ4n) is 9.41. The molecule has 0 aromatic carbocycles. The zero-order valence-corrected chi connectivity index (χ0v) is 53.1. The van der Waals surface area contributed by atoms with Gasteiger partial charge >= 0.3 is 41.8 Å². The highest BCUT2D eigenvalue weighted by molar-refractivity contribution is 5.86. The summed E-state index contributed by atoms with van der Waals surface area (Å²) < 4.78 is 39.9. The van der Waals surface area contributed by atoms with Crippen molar-refractivity contribution < 1.29 is 71.5 Å². The summed E-state index contributed by atoms with van der Waals surface area (Å²) >= 11 is 0. The van der Waals surface area contributed by atoms with Crippen LogP contribution in [-0.4, -0.2) is 135 Å². The molecule has 1 amide bonds. The molecular weight excluding hydrogens is 1050 g/mol. The molecule has 3 unspecified atom stereocenters. The Bertz CT molecular complexity index is 1580. The molecule has 0 saturated carbocycles. The number of esters is 7. The lowest BCUT2D eigenvalue weighted by Gasteiger charge is -2.32. The van der Waals surface area contributed by atoms with Gasteiger partial charge in [-0.2, -0.15) is 0 Å². The number of hydrogen-bond acceptors (Lipinski definition) is 16. The zero-order valence-electron chi connectivity index (χ0n) is 53.1. The van der Waals surface area contributed by atoms with Crippen molar-refractivity contribution in [2.24, 2.45) is 0 Å². The van der Waals surface area contributed by atoms with E-state index in [9.17, 15) is 38.4 Å². The number of carbonyl (C=O) groups excluding carboxylic acids is 8. The summed E-state index contributed by atoms with van der Waals surface area (Å²) in [6.45, 7) is 12.6. The molecule has 0 aliphatic rings. The zero-order chi connectivity index (χ0) is 60.9. The van der Waals surface area contributed by atoms with Gasteiger partial charge in [0.1, 0.15) is 19.3 Å². The number of unbranched alkanes of at least 4 members (excludes halogenated alkanes) is 24. The van der Waals surface area contributed by atoms with Crippen molar-refractivity contribution in [2.75, 3.05) is 53.6 Å². The number of amides is 1. The number of hydrogen-bond donors (Lipinski definition) is 0. The summed E-state index contributed by atoms with van der Waals surface area (Å²) in [5.74, 6) is -6.02. The molecule has 17 nitrogen and oxygen atoms in total. The highest BCUT2D eigenvalue weighted by Crippen LogP contribution is 2.19. The predicted octanol–water partition coefficient (Wildman–Crippen LogP) is 14.0. The standard InChI is InChI=1S/C65H118N2O15/c1-9-15-20-23-25-27-31-38-48-76-62(72)50-56(81-59(69)42-33-18-12-4)64(74)78-52-54(53-79-65(75)57(82-60(70)43-34-19-13-5)51-63(73)77-49-39-32-28-26-24-21-16-10-2)67(47-37-30-29-36-46-66(7)8)58(68)44-45-61(71)80-55(40-14-6)41-35-22-17-11-3/h54-57H,9-53H2,1-8H3. The van der Waals surface area contributed by atoms with Crippen molar-refractivity contribution in [2.45, 2.75) is 316 Å². The van der Waals surface area contributed by atoms with Gasteiger partial charge in [0.2, 0.25) is 18.1 Å². The Balaban J connectivity index is 6.92. The number of nitrogens with zero attached hydrogens (tertiary/aromatic N) is 2. The molecule has 0 bridgehead atoms. The summed E-state index contributed by atoms with van der Waals surface area (Å²) in [5.41, 5.74) is 0. The number of carbonyl (C=O) groups is 8. The first-order valence-corrected chi connectivity index (χ1v) is 32.8. The Morgan fingerprint density at radius 2 is 0.720 bits per heavy atom. The molecule has 3 atom stereocenters. The van der Waals surface area contributed by atoms with Crippen LogP contribution >= 0.6 is 0 Å². The van der Waals surface area contributed by atoms with E-state index in [1.54, 1.807) is 0 Å². The minimum Gasteiger partial charge on any atom is -0.466 e. The van der Waals surface area contributed by atoms with E-state index in [0.717, 1.165) is 141 Å². The monoisotopic (exact) mass is 1170 g/mol. The first-order chi connectivity index (χ1) is 39.6. The SMILES string of the molecule is CCCCCCCCCCOC(=O)CC(OC(=O)CCCCC)C(=O)OCC(COC(=O)C(CC(=O)OCCCCCCCCCC)OC(=O)CCCCC)N(CCCCCCN(C)C)C(=O)CCC(=O)OC(CCC)CCCCCC. The van der Waals surface area contributed by atoms with Crippen molar-refractivity contribution in [3.05, 3.63) is 0 Å². The third kappa shape index (κ3) is 45.2. The molecule has 17 heteroatoms. The smallest absolute Gasteiger partial charge is 0.348 e. The van der Waals surface area contributed by atoms with Gasteiger partial charge in [-0.1, -0.05) is 196 Å². The summed E-state index contributed by atoms with van der Waals surface area (Å²) in [6, 6.07) is -1.19. The molecule has 0 rings (SSSR count). The van der Waals surface area contributed by atoms with Gasteiger partial charge in [0, 0.05) is 25.8 Å². The van der Waals surface area contributed by atoms with Gasteiger partial charge in [0.25, 0.3) is 0 Å². The van der Waals surface area contributed by atoms with Crippen LogP contribution in [0.25, 0.3) is 0 Å². The first kappa shape index (κ1) is 77.7. The van der Waals surface area contributed by atoms with Gasteiger partial charge < -0.3 is 43.0 Å². The lowest BCUT2D eigenvalue weighted by Crippen LogP contribution is -2.48. The van der Waals surface area contributed by atoms with Crippen LogP contribution in [0.1, 0.15) is 292 Å². The first-order valence-electron chi connectivity index (χ1n) is 32.8. The Morgan fingerprint density at radius 3 is 1.15 bits per heavy atom. The van der Waals surface area contributed by atoms with Crippen molar-refractivity contribution >= 4 is 47.7 Å².